The highest BCUT2D eigenvalue weighted by Crippen LogP contribution is 2.34. The van der Waals surface area contributed by atoms with Crippen molar-refractivity contribution in [3.05, 3.63) is 88.8 Å². The van der Waals surface area contributed by atoms with Gasteiger partial charge in [0.05, 0.1) is 23.6 Å². The Morgan fingerprint density at radius 2 is 1.97 bits per heavy atom. The van der Waals surface area contributed by atoms with Crippen molar-refractivity contribution in [2.75, 3.05) is 0 Å². The molecule has 6 nitrogen and oxygen atoms in total. The standard InChI is InChI=1S/C23H18ClN3O3/c1-15(30-19-10-4-16(14-25)5-11-19)23(28)27-21(22-3-2-12-29-22)13-20(26-27)17-6-8-18(24)9-7-17/h2-12,15,21H,13H2,1H3. The third-order valence-corrected chi connectivity index (χ3v) is 5.08. The number of benzene rings is 2. The van der Waals surface area contributed by atoms with Gasteiger partial charge in [-0.25, -0.2) is 5.01 Å². The Bertz CT molecular complexity index is 1100. The van der Waals surface area contributed by atoms with Crippen LogP contribution in [-0.2, 0) is 4.79 Å². The first kappa shape index (κ1) is 19.7. The molecule has 2 unspecified atom stereocenters. The van der Waals surface area contributed by atoms with Crippen molar-refractivity contribution in [1.29, 1.82) is 5.26 Å². The fourth-order valence-corrected chi connectivity index (χ4v) is 3.41. The number of carbonyl (C=O) groups excluding carboxylic acids is 1. The molecule has 1 amide bonds. The van der Waals surface area contributed by atoms with Crippen molar-refractivity contribution in [2.45, 2.75) is 25.5 Å². The van der Waals surface area contributed by atoms with E-state index in [9.17, 15) is 4.79 Å². The number of hydrogen-bond donors (Lipinski definition) is 0. The number of furan rings is 1. The second kappa shape index (κ2) is 8.44. The van der Waals surface area contributed by atoms with E-state index in [1.54, 1.807) is 55.7 Å². The number of rotatable bonds is 5. The molecule has 150 valence electrons. The van der Waals surface area contributed by atoms with Crippen LogP contribution in [0.2, 0.25) is 5.02 Å². The Balaban J connectivity index is 1.58. The minimum absolute atomic E-state index is 0.287. The first-order chi connectivity index (χ1) is 14.5. The van der Waals surface area contributed by atoms with Gasteiger partial charge in [0.1, 0.15) is 17.6 Å². The van der Waals surface area contributed by atoms with Crippen molar-refractivity contribution in [2.24, 2.45) is 5.10 Å². The molecule has 2 heterocycles. The normalized spacial score (nSPS) is 16.6. The number of nitriles is 1. The summed E-state index contributed by atoms with van der Waals surface area (Å²) in [5.41, 5.74) is 2.19. The van der Waals surface area contributed by atoms with Crippen molar-refractivity contribution < 1.29 is 13.9 Å². The molecule has 0 saturated carbocycles. The quantitative estimate of drug-likeness (QED) is 0.586. The van der Waals surface area contributed by atoms with Crippen LogP contribution < -0.4 is 4.74 Å². The monoisotopic (exact) mass is 419 g/mol. The van der Waals surface area contributed by atoms with Crippen LogP contribution in [0.5, 0.6) is 5.75 Å². The van der Waals surface area contributed by atoms with Crippen molar-refractivity contribution in [1.82, 2.24) is 5.01 Å². The van der Waals surface area contributed by atoms with Gasteiger partial charge in [0.2, 0.25) is 0 Å². The average molecular weight is 420 g/mol. The lowest BCUT2D eigenvalue weighted by atomic mass is 10.0. The van der Waals surface area contributed by atoms with E-state index in [-0.39, 0.29) is 11.9 Å². The van der Waals surface area contributed by atoms with Gasteiger partial charge in [-0.15, -0.1) is 0 Å². The molecule has 2 aromatic carbocycles. The van der Waals surface area contributed by atoms with E-state index >= 15 is 0 Å². The van der Waals surface area contributed by atoms with E-state index in [0.29, 0.717) is 28.5 Å². The summed E-state index contributed by atoms with van der Waals surface area (Å²) in [6.07, 6.45) is 1.32. The van der Waals surface area contributed by atoms with E-state index in [1.807, 2.05) is 18.2 Å². The number of amides is 1. The van der Waals surface area contributed by atoms with Crippen LogP contribution in [0.3, 0.4) is 0 Å². The number of nitrogens with zero attached hydrogens (tertiary/aromatic N) is 3. The number of ether oxygens (including phenoxy) is 1. The molecule has 1 aliphatic heterocycles. The summed E-state index contributed by atoms with van der Waals surface area (Å²) in [5, 5.41) is 15.6. The van der Waals surface area contributed by atoms with E-state index in [1.165, 1.54) is 5.01 Å². The summed E-state index contributed by atoms with van der Waals surface area (Å²) in [4.78, 5) is 13.2. The summed E-state index contributed by atoms with van der Waals surface area (Å²) >= 11 is 5.99. The summed E-state index contributed by atoms with van der Waals surface area (Å²) < 4.78 is 11.4. The van der Waals surface area contributed by atoms with Crippen LogP contribution in [0.4, 0.5) is 0 Å². The average Bonchev–Trinajstić information content (AvgIpc) is 3.44. The molecule has 0 N–H and O–H groups in total. The van der Waals surface area contributed by atoms with E-state index in [0.717, 1.165) is 11.3 Å². The maximum Gasteiger partial charge on any atom is 0.284 e. The molecule has 0 fully saturated rings. The largest absolute Gasteiger partial charge is 0.481 e. The van der Waals surface area contributed by atoms with Gasteiger partial charge in [0, 0.05) is 11.4 Å². The van der Waals surface area contributed by atoms with Gasteiger partial charge in [-0.2, -0.15) is 10.4 Å². The van der Waals surface area contributed by atoms with Gasteiger partial charge >= 0.3 is 0 Å². The topological polar surface area (TPSA) is 78.8 Å². The lowest BCUT2D eigenvalue weighted by molar-refractivity contribution is -0.140. The minimum atomic E-state index is -0.774. The number of hydrazone groups is 1. The summed E-state index contributed by atoms with van der Waals surface area (Å²) in [6.45, 7) is 1.68. The molecule has 7 heteroatoms. The van der Waals surface area contributed by atoms with Crippen LogP contribution in [0.15, 0.2) is 76.4 Å². The molecular formula is C23H18ClN3O3. The SMILES string of the molecule is CC(Oc1ccc(C#N)cc1)C(=O)N1N=C(c2ccc(Cl)cc2)CC1c1ccco1. The first-order valence-electron chi connectivity index (χ1n) is 9.42. The van der Waals surface area contributed by atoms with Gasteiger partial charge in [-0.3, -0.25) is 4.79 Å². The third kappa shape index (κ3) is 4.07. The van der Waals surface area contributed by atoms with Gasteiger partial charge in [0.25, 0.3) is 5.91 Å². The predicted octanol–water partition coefficient (Wildman–Crippen LogP) is 4.95. The number of carbonyl (C=O) groups is 1. The predicted molar refractivity (Wildman–Crippen MR) is 112 cm³/mol. The molecular weight excluding hydrogens is 402 g/mol. The second-order valence-corrected chi connectivity index (χ2v) is 7.30. The summed E-state index contributed by atoms with van der Waals surface area (Å²) in [5.74, 6) is 0.872. The second-order valence-electron chi connectivity index (χ2n) is 6.87. The molecule has 0 spiro atoms. The van der Waals surface area contributed by atoms with Crippen LogP contribution in [-0.4, -0.2) is 22.7 Å². The van der Waals surface area contributed by atoms with Gasteiger partial charge in [0.15, 0.2) is 6.10 Å². The minimum Gasteiger partial charge on any atom is -0.481 e. The number of hydrogen-bond acceptors (Lipinski definition) is 5. The fourth-order valence-electron chi connectivity index (χ4n) is 3.28. The lowest BCUT2D eigenvalue weighted by Gasteiger charge is -2.23. The Labute approximate surface area is 178 Å². The molecule has 0 aliphatic carbocycles. The third-order valence-electron chi connectivity index (χ3n) is 4.83. The maximum atomic E-state index is 13.2. The summed E-state index contributed by atoms with van der Waals surface area (Å²) in [7, 11) is 0. The Hall–Kier alpha value is -3.56. The van der Waals surface area contributed by atoms with Crippen molar-refractivity contribution in [3.63, 3.8) is 0 Å². The highest BCUT2D eigenvalue weighted by atomic mass is 35.5. The molecule has 0 bridgehead atoms. The van der Waals surface area contributed by atoms with Gasteiger partial charge in [-0.1, -0.05) is 23.7 Å². The zero-order valence-electron chi connectivity index (χ0n) is 16.2. The maximum absolute atomic E-state index is 13.2. The molecule has 0 radical (unpaired) electrons. The Morgan fingerprint density at radius 1 is 1.23 bits per heavy atom. The lowest BCUT2D eigenvalue weighted by Crippen LogP contribution is -2.37. The van der Waals surface area contributed by atoms with E-state index in [2.05, 4.69) is 11.2 Å². The molecule has 2 atom stereocenters. The van der Waals surface area contributed by atoms with Crippen LogP contribution in [0.1, 0.15) is 36.3 Å². The molecule has 0 saturated heterocycles. The van der Waals surface area contributed by atoms with Crippen molar-refractivity contribution >= 4 is 23.2 Å². The van der Waals surface area contributed by atoms with Crippen LogP contribution in [0.25, 0.3) is 0 Å². The van der Waals surface area contributed by atoms with Crippen LogP contribution in [0, 0.1) is 11.3 Å². The highest BCUT2D eigenvalue weighted by Gasteiger charge is 2.37. The van der Waals surface area contributed by atoms with E-state index in [4.69, 9.17) is 26.0 Å². The van der Waals surface area contributed by atoms with Crippen LogP contribution >= 0.6 is 11.6 Å². The zero-order valence-corrected chi connectivity index (χ0v) is 16.9. The molecule has 30 heavy (non-hydrogen) atoms. The molecule has 3 aromatic rings. The smallest absolute Gasteiger partial charge is 0.284 e. The first-order valence-corrected chi connectivity index (χ1v) is 9.79. The zero-order chi connectivity index (χ0) is 21.1. The highest BCUT2D eigenvalue weighted by molar-refractivity contribution is 6.30. The van der Waals surface area contributed by atoms with Gasteiger partial charge in [-0.05, 0) is 61.0 Å². The number of halogens is 1. The Kier molecular flexibility index (Phi) is 5.55. The van der Waals surface area contributed by atoms with Gasteiger partial charge < -0.3 is 9.15 Å². The van der Waals surface area contributed by atoms with Crippen molar-refractivity contribution in [3.8, 4) is 11.8 Å². The van der Waals surface area contributed by atoms with E-state index < -0.39 is 6.10 Å². The summed E-state index contributed by atoms with van der Waals surface area (Å²) in [6, 6.07) is 19.3. The molecule has 1 aromatic heterocycles. The fraction of sp³-hybridized carbons (Fsp3) is 0.174. The Morgan fingerprint density at radius 3 is 2.60 bits per heavy atom. The molecule has 1 aliphatic rings. The molecule has 4 rings (SSSR count).